The molecule has 0 fully saturated rings. The summed E-state index contributed by atoms with van der Waals surface area (Å²) in [6, 6.07) is 93.4. The van der Waals surface area contributed by atoms with Gasteiger partial charge in [-0.15, -0.1) is 0 Å². The third-order valence-corrected chi connectivity index (χ3v) is 23.7. The molecule has 0 N–H and O–H groups in total. The molecule has 5 aliphatic rings. The number of benzene rings is 15. The van der Waals surface area contributed by atoms with Gasteiger partial charge in [0, 0.05) is 57.4 Å². The summed E-state index contributed by atoms with van der Waals surface area (Å²) in [5.74, 6) is -5.95. The highest BCUT2D eigenvalue weighted by Crippen LogP contribution is 2.66. The average molecular weight is 1510 g/mol. The number of allylic oxidation sites excluding steroid dienone is 4. The van der Waals surface area contributed by atoms with Crippen molar-refractivity contribution in [3.8, 4) is 56.4 Å². The number of anilines is 6. The van der Waals surface area contributed by atoms with E-state index in [1.165, 1.54) is 24.3 Å². The van der Waals surface area contributed by atoms with Gasteiger partial charge in [-0.05, 0) is 282 Å². The Bertz CT molecular complexity index is 6600. The maximum Gasteiger partial charge on any atom is 0.163 e. The van der Waals surface area contributed by atoms with Gasteiger partial charge in [0.05, 0.1) is 16.2 Å². The van der Waals surface area contributed by atoms with Gasteiger partial charge < -0.3 is 19.3 Å². The third-order valence-electron chi connectivity index (χ3n) is 23.7. The van der Waals surface area contributed by atoms with Crippen LogP contribution in [0, 0.1) is 46.5 Å². The van der Waals surface area contributed by atoms with E-state index in [0.29, 0.717) is 121 Å². The quantitative estimate of drug-likeness (QED) is 0.0711. The van der Waals surface area contributed by atoms with Gasteiger partial charge in [-0.1, -0.05) is 183 Å². The Labute approximate surface area is 658 Å². The van der Waals surface area contributed by atoms with Gasteiger partial charge >= 0.3 is 0 Å². The second-order valence-corrected chi connectivity index (χ2v) is 29.6. The first-order valence-corrected chi connectivity index (χ1v) is 37.9. The number of nitrogens with zero attached hydrogens (tertiary/aromatic N) is 2. The lowest BCUT2D eigenvalue weighted by Crippen LogP contribution is -2.32. The van der Waals surface area contributed by atoms with E-state index < -0.39 is 62.8 Å². The number of hydrogen-bond acceptors (Lipinski definition) is 4. The van der Waals surface area contributed by atoms with Crippen LogP contribution in [0.2, 0.25) is 0 Å². The summed E-state index contributed by atoms with van der Waals surface area (Å²) in [7, 11) is 0. The lowest BCUT2D eigenvalue weighted by molar-refractivity contribution is 0.470. The van der Waals surface area contributed by atoms with Crippen molar-refractivity contribution in [3.63, 3.8) is 0 Å². The molecule has 1 spiro atoms. The normalized spacial score (nSPS) is 16.7. The van der Waals surface area contributed by atoms with E-state index in [-0.39, 0.29) is 11.1 Å². The van der Waals surface area contributed by atoms with Gasteiger partial charge in [0.15, 0.2) is 23.3 Å². The van der Waals surface area contributed by atoms with Crippen LogP contribution in [0.5, 0.6) is 23.0 Å². The van der Waals surface area contributed by atoms with Crippen LogP contribution in [-0.4, -0.2) is 0 Å². The first-order valence-electron chi connectivity index (χ1n) is 37.9. The largest absolute Gasteiger partial charge is 0.457 e. The lowest BCUT2D eigenvalue weighted by Gasteiger charge is -2.37. The minimum Gasteiger partial charge on any atom is -0.457 e. The second-order valence-electron chi connectivity index (χ2n) is 29.6. The van der Waals surface area contributed by atoms with Crippen molar-refractivity contribution < 1.29 is 44.6 Å². The van der Waals surface area contributed by atoms with Gasteiger partial charge in [0.25, 0.3) is 0 Å². The van der Waals surface area contributed by atoms with Crippen molar-refractivity contribution in [2.45, 2.75) is 29.1 Å². The van der Waals surface area contributed by atoms with Crippen molar-refractivity contribution in [2.24, 2.45) is 0 Å². The van der Waals surface area contributed by atoms with E-state index >= 15 is 35.1 Å². The van der Waals surface area contributed by atoms with Gasteiger partial charge in [0.1, 0.15) is 46.3 Å². The summed E-state index contributed by atoms with van der Waals surface area (Å²) >= 11 is 0. The molecule has 15 aromatic carbocycles. The SMILES string of the molecule is C=Cc1ccc(Oc2ccc(C3(c4cc(F)cc(F)c4F)C4=C(C=CCC4)c4ccc(N(c5ccc(F)cc5)c5ccc6c(c5)C5(c7ccccc7-6)c6ccccc6-c6ccc(N(c7ccc(F)cc7)c7ccc8c(c7)C(c7ccc(Oc9ccc(C=C)cc9)cc7)(c7cc(F)cc(F)c7F)c7ccccc7-8)cc65)cc43)cc2)cc1. The van der Waals surface area contributed by atoms with Crippen LogP contribution in [0.4, 0.5) is 69.2 Å². The molecular formula is C103H64F8N2O2. The fourth-order valence-electron chi connectivity index (χ4n) is 18.9. The van der Waals surface area contributed by atoms with Gasteiger partial charge in [-0.25, -0.2) is 35.1 Å². The number of hydrogen-bond donors (Lipinski definition) is 0. The Morgan fingerprint density at radius 2 is 0.617 bits per heavy atom. The summed E-state index contributed by atoms with van der Waals surface area (Å²) in [5.41, 5.74) is 14.4. The molecule has 4 nitrogen and oxygen atoms in total. The van der Waals surface area contributed by atoms with Crippen molar-refractivity contribution in [2.75, 3.05) is 9.80 Å². The molecule has 20 rings (SSSR count). The fourth-order valence-corrected chi connectivity index (χ4v) is 18.9. The number of fused-ring (bicyclic) bond motifs is 15. The highest BCUT2D eigenvalue weighted by molar-refractivity contribution is 5.99. The van der Waals surface area contributed by atoms with Crippen molar-refractivity contribution in [1.82, 2.24) is 0 Å². The molecule has 0 saturated carbocycles. The average Bonchev–Trinajstić information content (AvgIpc) is 1.52. The van der Waals surface area contributed by atoms with Gasteiger partial charge in [0.2, 0.25) is 0 Å². The molecule has 12 heteroatoms. The molecule has 0 radical (unpaired) electrons. The summed E-state index contributed by atoms with van der Waals surface area (Å²) in [5, 5.41) is 0. The minimum atomic E-state index is -1.70. The zero-order valence-electron chi connectivity index (χ0n) is 61.4. The zero-order chi connectivity index (χ0) is 78.2. The van der Waals surface area contributed by atoms with Crippen molar-refractivity contribution in [3.05, 3.63) is 471 Å². The van der Waals surface area contributed by atoms with E-state index in [9.17, 15) is 0 Å². The smallest absolute Gasteiger partial charge is 0.163 e. The molecule has 0 bridgehead atoms. The predicted molar refractivity (Wildman–Crippen MR) is 440 cm³/mol. The molecule has 0 aromatic heterocycles. The number of halogens is 8. The summed E-state index contributed by atoms with van der Waals surface area (Å²) < 4.78 is 144. The zero-order valence-corrected chi connectivity index (χ0v) is 61.4. The van der Waals surface area contributed by atoms with Gasteiger partial charge in [-0.3, -0.25) is 0 Å². The highest BCUT2D eigenvalue weighted by atomic mass is 19.2. The topological polar surface area (TPSA) is 24.9 Å². The first-order chi connectivity index (χ1) is 56.1. The van der Waals surface area contributed by atoms with Crippen LogP contribution < -0.4 is 19.3 Å². The second kappa shape index (κ2) is 27.1. The van der Waals surface area contributed by atoms with Gasteiger partial charge in [-0.2, -0.15) is 0 Å². The van der Waals surface area contributed by atoms with Crippen LogP contribution >= 0.6 is 0 Å². The third kappa shape index (κ3) is 10.8. The maximum atomic E-state index is 17.6. The lowest BCUT2D eigenvalue weighted by atomic mass is 9.65. The van der Waals surface area contributed by atoms with Crippen LogP contribution in [0.1, 0.15) is 90.7 Å². The van der Waals surface area contributed by atoms with Crippen molar-refractivity contribution >= 4 is 51.8 Å². The van der Waals surface area contributed by atoms with E-state index in [2.05, 4.69) is 67.8 Å². The molecule has 554 valence electrons. The Morgan fingerprint density at radius 3 is 1.03 bits per heavy atom. The first kappa shape index (κ1) is 70.0. The van der Waals surface area contributed by atoms with E-state index in [1.807, 2.05) is 174 Å². The van der Waals surface area contributed by atoms with Crippen LogP contribution in [-0.2, 0) is 16.2 Å². The number of ether oxygens (including phenoxy) is 2. The maximum absolute atomic E-state index is 17.6. The molecule has 3 unspecified atom stereocenters. The molecule has 0 aliphatic heterocycles. The Hall–Kier alpha value is -14.1. The number of rotatable bonds is 16. The molecule has 5 aliphatic carbocycles. The molecule has 0 heterocycles. The molecule has 3 atom stereocenters. The monoisotopic (exact) mass is 1510 g/mol. The Balaban J connectivity index is 0.774. The van der Waals surface area contributed by atoms with E-state index in [0.717, 1.165) is 84.5 Å². The van der Waals surface area contributed by atoms with Crippen LogP contribution in [0.25, 0.3) is 51.1 Å². The summed E-state index contributed by atoms with van der Waals surface area (Å²) in [6.45, 7) is 7.74. The van der Waals surface area contributed by atoms with Crippen molar-refractivity contribution in [1.29, 1.82) is 0 Å². The fraction of sp³-hybridized carbons (Fsp3) is 0.0485. The predicted octanol–water partition coefficient (Wildman–Crippen LogP) is 27.8. The molecule has 15 aromatic rings. The summed E-state index contributed by atoms with van der Waals surface area (Å²) in [6.07, 6.45) is 8.52. The Kier molecular flexibility index (Phi) is 16.5. The minimum absolute atomic E-state index is 0.204. The van der Waals surface area contributed by atoms with Crippen LogP contribution in [0.3, 0.4) is 0 Å². The Morgan fingerprint density at radius 1 is 0.287 bits per heavy atom. The molecule has 115 heavy (non-hydrogen) atoms. The molecule has 0 saturated heterocycles. The molecule has 0 amide bonds. The standard InChI is InChI=1S/C103H64F8N2O2/c1-3-61-21-41-75(42-22-61)114-77-45-25-63(26-46-77)101(95-53-67(106)55-97(108)99(95)110)87-17-9-5-13-79(87)83-49-37-71(57-91(83)101)112(69-33-29-65(104)30-34-69)73-39-51-85-81-15-7-11-19-89(81)103(93(85)59-73)90-20-12-8-16-82(90)86-52-40-74(60-94(86)103)113(70-35-31-66(105)32-36-70)72-38-50-84-80-14-6-10-18-88(80)102(92(84)58-72,96-54-68(107)56-98(109)100(96)111)64-27-47-78(48-28-64)115-76-43-23-62(4-2)24-44-76/h3-9,11-17,19-60H,1-2,10,18H2. The molecular weight excluding hydrogens is 1450 g/mol. The van der Waals surface area contributed by atoms with E-state index in [1.54, 1.807) is 72.8 Å². The van der Waals surface area contributed by atoms with Crippen LogP contribution in [0.15, 0.2) is 346 Å². The highest BCUT2D eigenvalue weighted by Gasteiger charge is 2.54. The van der Waals surface area contributed by atoms with E-state index in [4.69, 9.17) is 9.47 Å². The summed E-state index contributed by atoms with van der Waals surface area (Å²) in [4.78, 5) is 4.05.